The summed E-state index contributed by atoms with van der Waals surface area (Å²) < 4.78 is 0. The quantitative estimate of drug-likeness (QED) is 0.774. The normalized spacial score (nSPS) is 25.7. The standard InChI is InChI=1S/C13H20N2O3/c1-2-5-10-11(16)14-13(18)15(12(10)17)8-9-6-3-4-7-9/h9-10H,2-8H2,1H3,(H,14,16,18). The van der Waals surface area contributed by atoms with Crippen molar-refractivity contribution in [2.45, 2.75) is 45.4 Å². The molecule has 0 aromatic carbocycles. The van der Waals surface area contributed by atoms with Crippen LogP contribution in [0.5, 0.6) is 0 Å². The molecule has 1 unspecified atom stereocenters. The maximum atomic E-state index is 12.2. The number of carbonyl (C=O) groups is 3. The largest absolute Gasteiger partial charge is 0.330 e. The Morgan fingerprint density at radius 2 is 1.89 bits per heavy atom. The molecule has 0 bridgehead atoms. The van der Waals surface area contributed by atoms with Crippen molar-refractivity contribution in [1.29, 1.82) is 0 Å². The van der Waals surface area contributed by atoms with Crippen molar-refractivity contribution in [2.75, 3.05) is 6.54 Å². The summed E-state index contributed by atoms with van der Waals surface area (Å²) in [7, 11) is 0. The number of hydrogen-bond acceptors (Lipinski definition) is 3. The Kier molecular flexibility index (Phi) is 3.99. The molecular formula is C13H20N2O3. The topological polar surface area (TPSA) is 66.5 Å². The molecule has 0 aromatic heterocycles. The van der Waals surface area contributed by atoms with Gasteiger partial charge in [-0.1, -0.05) is 26.2 Å². The van der Waals surface area contributed by atoms with E-state index in [4.69, 9.17) is 0 Å². The minimum atomic E-state index is -0.672. The maximum absolute atomic E-state index is 12.2. The highest BCUT2D eigenvalue weighted by atomic mass is 16.2. The molecular weight excluding hydrogens is 232 g/mol. The number of nitrogens with one attached hydrogen (secondary N) is 1. The Balaban J connectivity index is 2.05. The van der Waals surface area contributed by atoms with Crippen molar-refractivity contribution in [3.63, 3.8) is 0 Å². The molecule has 2 rings (SSSR count). The zero-order valence-electron chi connectivity index (χ0n) is 10.8. The van der Waals surface area contributed by atoms with Gasteiger partial charge in [0.15, 0.2) is 0 Å². The lowest BCUT2D eigenvalue weighted by molar-refractivity contribution is -0.143. The second-order valence-electron chi connectivity index (χ2n) is 5.23. The van der Waals surface area contributed by atoms with Crippen LogP contribution in [0.3, 0.4) is 0 Å². The van der Waals surface area contributed by atoms with E-state index in [0.29, 0.717) is 18.9 Å². The molecule has 0 spiro atoms. The highest BCUT2D eigenvalue weighted by molar-refractivity contribution is 6.16. The van der Waals surface area contributed by atoms with E-state index >= 15 is 0 Å². The highest BCUT2D eigenvalue weighted by Gasteiger charge is 2.40. The molecule has 1 N–H and O–H groups in total. The first-order chi connectivity index (χ1) is 8.63. The summed E-state index contributed by atoms with van der Waals surface area (Å²) in [6, 6.07) is -0.538. The van der Waals surface area contributed by atoms with Gasteiger partial charge in [-0.3, -0.25) is 19.8 Å². The SMILES string of the molecule is CCCC1C(=O)NC(=O)N(CC2CCCC2)C1=O. The molecule has 5 nitrogen and oxygen atoms in total. The van der Waals surface area contributed by atoms with E-state index in [-0.39, 0.29) is 5.91 Å². The van der Waals surface area contributed by atoms with Crippen molar-refractivity contribution in [3.8, 4) is 0 Å². The summed E-state index contributed by atoms with van der Waals surface area (Å²) in [6.07, 6.45) is 5.76. The van der Waals surface area contributed by atoms with Crippen LogP contribution in [0.4, 0.5) is 4.79 Å². The number of hydrogen-bond donors (Lipinski definition) is 1. The maximum Gasteiger partial charge on any atom is 0.330 e. The zero-order chi connectivity index (χ0) is 13.1. The number of imide groups is 2. The van der Waals surface area contributed by atoms with Gasteiger partial charge in [-0.25, -0.2) is 4.79 Å². The third-order valence-corrected chi connectivity index (χ3v) is 3.85. The first-order valence-electron chi connectivity index (χ1n) is 6.79. The monoisotopic (exact) mass is 252 g/mol. The van der Waals surface area contributed by atoms with Crippen LogP contribution in [0.2, 0.25) is 0 Å². The van der Waals surface area contributed by atoms with Gasteiger partial charge in [-0.05, 0) is 25.2 Å². The predicted molar refractivity (Wildman–Crippen MR) is 65.6 cm³/mol. The van der Waals surface area contributed by atoms with Gasteiger partial charge in [-0.15, -0.1) is 0 Å². The first-order valence-corrected chi connectivity index (χ1v) is 6.79. The Hall–Kier alpha value is -1.39. The van der Waals surface area contributed by atoms with Gasteiger partial charge in [0.05, 0.1) is 0 Å². The molecule has 100 valence electrons. The Morgan fingerprint density at radius 3 is 2.50 bits per heavy atom. The average molecular weight is 252 g/mol. The molecule has 4 amide bonds. The van der Waals surface area contributed by atoms with Gasteiger partial charge >= 0.3 is 6.03 Å². The van der Waals surface area contributed by atoms with Gasteiger partial charge < -0.3 is 0 Å². The van der Waals surface area contributed by atoms with Crippen molar-refractivity contribution in [2.24, 2.45) is 11.8 Å². The lowest BCUT2D eigenvalue weighted by Gasteiger charge is -2.31. The van der Waals surface area contributed by atoms with Gasteiger partial charge in [0.2, 0.25) is 11.8 Å². The van der Waals surface area contributed by atoms with Crippen molar-refractivity contribution in [1.82, 2.24) is 10.2 Å². The molecule has 2 fully saturated rings. The molecule has 1 heterocycles. The number of rotatable bonds is 4. The minimum absolute atomic E-state index is 0.308. The fraction of sp³-hybridized carbons (Fsp3) is 0.769. The summed E-state index contributed by atoms with van der Waals surface area (Å²) >= 11 is 0. The molecule has 1 aliphatic heterocycles. The van der Waals surface area contributed by atoms with Crippen LogP contribution in [-0.2, 0) is 9.59 Å². The number of carbonyl (C=O) groups excluding carboxylic acids is 3. The van der Waals surface area contributed by atoms with Crippen LogP contribution in [0, 0.1) is 11.8 Å². The van der Waals surface area contributed by atoms with E-state index < -0.39 is 17.9 Å². The molecule has 18 heavy (non-hydrogen) atoms. The molecule has 1 saturated heterocycles. The molecule has 5 heteroatoms. The minimum Gasteiger partial charge on any atom is -0.277 e. The number of nitrogens with zero attached hydrogens (tertiary/aromatic N) is 1. The Morgan fingerprint density at radius 1 is 1.22 bits per heavy atom. The Labute approximate surface area is 107 Å². The molecule has 1 saturated carbocycles. The lowest BCUT2D eigenvalue weighted by atomic mass is 9.98. The van der Waals surface area contributed by atoms with Gasteiger partial charge in [0.1, 0.15) is 5.92 Å². The Bertz CT molecular complexity index is 361. The molecule has 0 radical (unpaired) electrons. The van der Waals surface area contributed by atoms with Crippen LogP contribution in [0.15, 0.2) is 0 Å². The second-order valence-corrected chi connectivity index (χ2v) is 5.23. The highest BCUT2D eigenvalue weighted by Crippen LogP contribution is 2.27. The third-order valence-electron chi connectivity index (χ3n) is 3.85. The third kappa shape index (κ3) is 2.54. The molecule has 0 aromatic rings. The van der Waals surface area contributed by atoms with Gasteiger partial charge in [-0.2, -0.15) is 0 Å². The molecule has 1 aliphatic carbocycles. The van der Waals surface area contributed by atoms with Crippen molar-refractivity contribution < 1.29 is 14.4 Å². The summed E-state index contributed by atoms with van der Waals surface area (Å²) in [5.74, 6) is -1.00. The van der Waals surface area contributed by atoms with Crippen LogP contribution in [0.1, 0.15) is 45.4 Å². The average Bonchev–Trinajstić information content (AvgIpc) is 2.83. The zero-order valence-corrected chi connectivity index (χ0v) is 10.8. The molecule has 2 aliphatic rings. The molecule has 1 atom stereocenters. The number of barbiturate groups is 1. The summed E-state index contributed by atoms with van der Waals surface area (Å²) in [6.45, 7) is 2.40. The van der Waals surface area contributed by atoms with Crippen molar-refractivity contribution >= 4 is 17.8 Å². The predicted octanol–water partition coefficient (Wildman–Crippen LogP) is 1.67. The van der Waals surface area contributed by atoms with Crippen LogP contribution in [-0.4, -0.2) is 29.3 Å². The van der Waals surface area contributed by atoms with Crippen LogP contribution < -0.4 is 5.32 Å². The van der Waals surface area contributed by atoms with E-state index in [1.54, 1.807) is 0 Å². The smallest absolute Gasteiger partial charge is 0.277 e. The lowest BCUT2D eigenvalue weighted by Crippen LogP contribution is -2.58. The number of amides is 4. The van der Waals surface area contributed by atoms with Crippen molar-refractivity contribution in [3.05, 3.63) is 0 Å². The summed E-state index contributed by atoms with van der Waals surface area (Å²) in [4.78, 5) is 36.8. The van der Waals surface area contributed by atoms with E-state index in [9.17, 15) is 14.4 Å². The summed E-state index contributed by atoms with van der Waals surface area (Å²) in [5.41, 5.74) is 0. The van der Waals surface area contributed by atoms with Gasteiger partial charge in [0.25, 0.3) is 0 Å². The van der Waals surface area contributed by atoms with Crippen LogP contribution in [0.25, 0.3) is 0 Å². The fourth-order valence-electron chi connectivity index (χ4n) is 2.83. The first kappa shape index (κ1) is 13.1. The van der Waals surface area contributed by atoms with E-state index in [1.165, 1.54) is 17.7 Å². The second kappa shape index (κ2) is 5.50. The van der Waals surface area contributed by atoms with E-state index in [1.807, 2.05) is 6.92 Å². The fourth-order valence-corrected chi connectivity index (χ4v) is 2.83. The van der Waals surface area contributed by atoms with E-state index in [0.717, 1.165) is 19.3 Å². The van der Waals surface area contributed by atoms with Gasteiger partial charge in [0, 0.05) is 6.54 Å². The number of urea groups is 1. The van der Waals surface area contributed by atoms with E-state index in [2.05, 4.69) is 5.32 Å². The summed E-state index contributed by atoms with van der Waals surface area (Å²) in [5, 5.41) is 2.30. The van der Waals surface area contributed by atoms with Crippen LogP contribution >= 0.6 is 0 Å².